The molecule has 3 N–H and O–H groups in total. The number of carbonyl (C=O) groups is 1. The van der Waals surface area contributed by atoms with Crippen molar-refractivity contribution in [2.24, 2.45) is 0 Å². The first-order chi connectivity index (χ1) is 17.8. The summed E-state index contributed by atoms with van der Waals surface area (Å²) >= 11 is 0. The lowest BCUT2D eigenvalue weighted by Crippen LogP contribution is -2.46. The summed E-state index contributed by atoms with van der Waals surface area (Å²) in [7, 11) is 5.07. The van der Waals surface area contributed by atoms with Crippen molar-refractivity contribution in [3.05, 3.63) is 54.2 Å². The molecule has 194 valence electrons. The van der Waals surface area contributed by atoms with Gasteiger partial charge in [0.05, 0.1) is 36.8 Å². The zero-order valence-electron chi connectivity index (χ0n) is 21.7. The van der Waals surface area contributed by atoms with Crippen LogP contribution in [0.2, 0.25) is 0 Å². The number of anilines is 2. The second-order valence-electron chi connectivity index (χ2n) is 9.20. The molecule has 1 saturated heterocycles. The van der Waals surface area contributed by atoms with Crippen LogP contribution >= 0.6 is 0 Å². The predicted molar refractivity (Wildman–Crippen MR) is 147 cm³/mol. The second kappa shape index (κ2) is 11.4. The van der Waals surface area contributed by atoms with Gasteiger partial charge in [0, 0.05) is 37.1 Å². The molecule has 4 rings (SSSR count). The lowest BCUT2D eigenvalue weighted by molar-refractivity contribution is 0.0962. The zero-order valence-corrected chi connectivity index (χ0v) is 21.7. The molecule has 3 aromatic rings. The fourth-order valence-corrected chi connectivity index (χ4v) is 4.51. The first kappa shape index (κ1) is 26.0. The summed E-state index contributed by atoms with van der Waals surface area (Å²) in [5.41, 5.74) is 4.40. The molecule has 1 aliphatic rings. The van der Waals surface area contributed by atoms with E-state index in [2.05, 4.69) is 34.5 Å². The van der Waals surface area contributed by atoms with Gasteiger partial charge in [-0.3, -0.25) is 4.79 Å². The molecular formula is C28H33FN6O2. The highest BCUT2D eigenvalue weighted by molar-refractivity contribution is 5.97. The van der Waals surface area contributed by atoms with Gasteiger partial charge in [0.25, 0.3) is 5.91 Å². The number of amides is 1. The van der Waals surface area contributed by atoms with Crippen LogP contribution in [0.5, 0.6) is 5.75 Å². The van der Waals surface area contributed by atoms with Crippen LogP contribution in [0.1, 0.15) is 29.4 Å². The number of likely N-dealkylation sites (tertiary alicyclic amines) is 1. The molecule has 37 heavy (non-hydrogen) atoms. The normalized spacial score (nSPS) is 17.5. The molecule has 1 fully saturated rings. The van der Waals surface area contributed by atoms with Crippen molar-refractivity contribution >= 4 is 33.8 Å². The first-order valence-corrected chi connectivity index (χ1v) is 12.2. The van der Waals surface area contributed by atoms with Crippen LogP contribution in [0.25, 0.3) is 16.5 Å². The molecule has 1 amide bonds. The minimum atomic E-state index is -0.954. The monoisotopic (exact) mass is 504 g/mol. The number of ether oxygens (including phenoxy) is 1. The third kappa shape index (κ3) is 5.70. The van der Waals surface area contributed by atoms with Crippen LogP contribution in [0, 0.1) is 12.0 Å². The van der Waals surface area contributed by atoms with Gasteiger partial charge in [-0.2, -0.15) is 9.78 Å². The molecule has 2 heterocycles. The molecule has 0 radical (unpaired) electrons. The predicted octanol–water partition coefficient (Wildman–Crippen LogP) is 3.81. The van der Waals surface area contributed by atoms with Crippen molar-refractivity contribution in [2.45, 2.75) is 25.6 Å². The van der Waals surface area contributed by atoms with Crippen molar-refractivity contribution < 1.29 is 13.9 Å². The van der Waals surface area contributed by atoms with Crippen LogP contribution in [-0.2, 0) is 0 Å². The number of aromatic nitrogens is 2. The molecular weight excluding hydrogens is 471 g/mol. The van der Waals surface area contributed by atoms with Gasteiger partial charge in [0.15, 0.2) is 0 Å². The van der Waals surface area contributed by atoms with Crippen LogP contribution in [-0.4, -0.2) is 73.6 Å². The molecule has 0 unspecified atom stereocenters. The zero-order chi connectivity index (χ0) is 26.5. The largest absolute Gasteiger partial charge is 0.495 e. The van der Waals surface area contributed by atoms with Crippen molar-refractivity contribution in [3.8, 4) is 17.7 Å². The average molecular weight is 505 g/mol. The number of halogens is 1. The first-order valence-electron chi connectivity index (χ1n) is 12.2. The van der Waals surface area contributed by atoms with E-state index >= 15 is 0 Å². The summed E-state index contributed by atoms with van der Waals surface area (Å²) in [6.07, 6.45) is -0.230. The van der Waals surface area contributed by atoms with Crippen LogP contribution < -0.4 is 20.7 Å². The molecule has 1 aromatic heterocycles. The minimum Gasteiger partial charge on any atom is -0.495 e. The summed E-state index contributed by atoms with van der Waals surface area (Å²) in [6.45, 7) is 7.62. The molecule has 0 bridgehead atoms. The molecule has 8 nitrogen and oxygen atoms in total. The molecule has 1 aliphatic heterocycles. The van der Waals surface area contributed by atoms with E-state index in [0.29, 0.717) is 24.4 Å². The summed E-state index contributed by atoms with van der Waals surface area (Å²) in [6, 6.07) is 13.9. The van der Waals surface area contributed by atoms with Crippen molar-refractivity contribution in [2.75, 3.05) is 51.5 Å². The second-order valence-corrected chi connectivity index (χ2v) is 9.20. The number of carbonyl (C=O) groups excluding carboxylic acids is 1. The molecule has 0 saturated carbocycles. The Bertz CT molecular complexity index is 1370. The van der Waals surface area contributed by atoms with E-state index in [0.717, 1.165) is 46.5 Å². The van der Waals surface area contributed by atoms with Crippen molar-refractivity contribution in [1.82, 2.24) is 20.0 Å². The number of fused-ring (bicyclic) bond motifs is 1. The van der Waals surface area contributed by atoms with Gasteiger partial charge in [-0.05, 0) is 50.2 Å². The van der Waals surface area contributed by atoms with Crippen molar-refractivity contribution in [1.29, 1.82) is 0 Å². The Balaban J connectivity index is 1.56. The summed E-state index contributed by atoms with van der Waals surface area (Å²) in [4.78, 5) is 13.9. The lowest BCUT2D eigenvalue weighted by atomic mass is 10.0. The summed E-state index contributed by atoms with van der Waals surface area (Å²) < 4.78 is 21.7. The van der Waals surface area contributed by atoms with Gasteiger partial charge in [0.1, 0.15) is 17.4 Å². The third-order valence-corrected chi connectivity index (χ3v) is 6.44. The Morgan fingerprint density at radius 1 is 1.30 bits per heavy atom. The molecule has 2 aromatic carbocycles. The maximum atomic E-state index is 14.7. The Hall–Kier alpha value is -4.03. The number of nitrogens with zero attached hydrogens (tertiary/aromatic N) is 3. The Labute approximate surface area is 216 Å². The number of nitrogens with one attached hydrogen (secondary N) is 3. The van der Waals surface area contributed by atoms with E-state index in [-0.39, 0.29) is 11.9 Å². The highest BCUT2D eigenvalue weighted by Gasteiger charge is 2.28. The van der Waals surface area contributed by atoms with Gasteiger partial charge < -0.3 is 25.6 Å². The number of allylic oxidation sites excluding steroid dienone is 1. The summed E-state index contributed by atoms with van der Waals surface area (Å²) in [5, 5.41) is 14.9. The molecule has 9 heteroatoms. The number of benzene rings is 2. The maximum absolute atomic E-state index is 14.7. The van der Waals surface area contributed by atoms with Crippen LogP contribution in [0.3, 0.4) is 0 Å². The Morgan fingerprint density at radius 3 is 2.81 bits per heavy atom. The van der Waals surface area contributed by atoms with E-state index in [1.54, 1.807) is 37.0 Å². The summed E-state index contributed by atoms with van der Waals surface area (Å²) in [5.74, 6) is 3.46. The standard InChI is InChI=1S/C28H33FN6O2/c1-18(2)27-20-8-6-9-24(32-22-12-15-34(4)17-21(22)29)26(20)33-35(27)14-7-13-31-23-11-10-19(28(36)30-3)16-25(23)37-5/h6,8-11,16,21-22,31-32H,1,12-13,15,17H2,2-5H3,(H,30,36)/t21-,22+/m0/s1. The number of hydrogen-bond donors (Lipinski definition) is 3. The van der Waals surface area contributed by atoms with E-state index in [4.69, 9.17) is 9.84 Å². The van der Waals surface area contributed by atoms with Gasteiger partial charge in [-0.25, -0.2) is 4.39 Å². The van der Waals surface area contributed by atoms with Gasteiger partial charge >= 0.3 is 0 Å². The van der Waals surface area contributed by atoms with Gasteiger partial charge in [0.2, 0.25) is 0 Å². The molecule has 0 spiro atoms. The maximum Gasteiger partial charge on any atom is 0.251 e. The highest BCUT2D eigenvalue weighted by atomic mass is 19.1. The number of rotatable bonds is 7. The molecule has 0 aliphatic carbocycles. The fourth-order valence-electron chi connectivity index (χ4n) is 4.51. The van der Waals surface area contributed by atoms with Crippen LogP contribution in [0.15, 0.2) is 43.0 Å². The molecule has 2 atom stereocenters. The highest BCUT2D eigenvalue weighted by Crippen LogP contribution is 2.30. The number of alkyl halides is 1. The third-order valence-electron chi connectivity index (χ3n) is 6.44. The van der Waals surface area contributed by atoms with Gasteiger partial charge in [-0.15, -0.1) is 0 Å². The lowest BCUT2D eigenvalue weighted by Gasteiger charge is -2.33. The number of hydrogen-bond acceptors (Lipinski definition) is 6. The Kier molecular flexibility index (Phi) is 7.99. The SMILES string of the molecule is C=C(C)c1c2cccc(N[C@@H]3CCN(C)C[C@@H]3F)c2nn1C#CCNc1ccc(C(=O)NC)cc1OC. The van der Waals surface area contributed by atoms with Crippen molar-refractivity contribution in [3.63, 3.8) is 0 Å². The van der Waals surface area contributed by atoms with E-state index < -0.39 is 6.17 Å². The van der Waals surface area contributed by atoms with E-state index in [9.17, 15) is 9.18 Å². The average Bonchev–Trinajstić information content (AvgIpc) is 3.27. The smallest absolute Gasteiger partial charge is 0.251 e. The number of piperidine rings is 1. The van der Waals surface area contributed by atoms with E-state index in [1.807, 2.05) is 37.1 Å². The quantitative estimate of drug-likeness (QED) is 0.425. The topological polar surface area (TPSA) is 83.5 Å². The van der Waals surface area contributed by atoms with Gasteiger partial charge in [-0.1, -0.05) is 24.6 Å². The fraction of sp³-hybridized carbons (Fsp3) is 0.357. The number of methoxy groups -OCH3 is 1. The van der Waals surface area contributed by atoms with E-state index in [1.165, 1.54) is 0 Å². The van der Waals surface area contributed by atoms with Crippen LogP contribution in [0.4, 0.5) is 15.8 Å². The Morgan fingerprint density at radius 2 is 2.11 bits per heavy atom. The minimum absolute atomic E-state index is 0.186.